The van der Waals surface area contributed by atoms with E-state index in [1.807, 2.05) is 0 Å². The molecule has 0 aliphatic rings. The summed E-state index contributed by atoms with van der Waals surface area (Å²) in [5.74, 6) is -0.201. The van der Waals surface area contributed by atoms with Crippen LogP contribution in [0.3, 0.4) is 0 Å². The Labute approximate surface area is 91.1 Å². The summed E-state index contributed by atoms with van der Waals surface area (Å²) >= 11 is 0. The molecule has 0 radical (unpaired) electrons. The normalized spacial score (nSPS) is 8.75. The molecule has 0 aromatic heterocycles. The molecule has 0 heterocycles. The van der Waals surface area contributed by atoms with Crippen LogP contribution in [0.5, 0.6) is 0 Å². The van der Waals surface area contributed by atoms with Crippen LogP contribution in [0.15, 0.2) is 0 Å². The number of hydrogen-bond acceptors (Lipinski definition) is 3. The van der Waals surface area contributed by atoms with E-state index in [-0.39, 0.29) is 62.6 Å². The zero-order valence-corrected chi connectivity index (χ0v) is 8.77. The van der Waals surface area contributed by atoms with Crippen molar-refractivity contribution in [3.8, 4) is 0 Å². The Morgan fingerprint density at radius 2 is 1.62 bits per heavy atom. The summed E-state index contributed by atoms with van der Waals surface area (Å²) in [7, 11) is -3.66. The van der Waals surface area contributed by atoms with Gasteiger partial charge in [0.15, 0.2) is 0 Å². The Bertz CT molecular complexity index is 116. The van der Waals surface area contributed by atoms with Gasteiger partial charge in [0.2, 0.25) is 0 Å². The molecule has 0 unspecified atom stereocenters. The molecular weight excluding hydrogens is 159 g/mol. The van der Waals surface area contributed by atoms with Gasteiger partial charge >= 0.3 is 51.4 Å². The summed E-state index contributed by atoms with van der Waals surface area (Å²) < 4.78 is 26.9. The van der Waals surface area contributed by atoms with Crippen LogP contribution >= 0.6 is 0 Å². The van der Waals surface area contributed by atoms with Crippen LogP contribution in [-0.2, 0) is 10.1 Å². The Morgan fingerprint density at radius 1 is 1.50 bits per heavy atom. The molecule has 0 aliphatic carbocycles. The Morgan fingerprint density at radius 3 is 1.62 bits per heavy atom. The van der Waals surface area contributed by atoms with Crippen molar-refractivity contribution < 1.29 is 69.8 Å². The first-order chi connectivity index (χ1) is 2.56. The molecule has 0 fully saturated rings. The van der Waals surface area contributed by atoms with E-state index < -0.39 is 10.1 Å². The van der Waals surface area contributed by atoms with Gasteiger partial charge in [0.05, 0.1) is 5.75 Å². The third-order valence-corrected chi connectivity index (χ3v) is 1.09. The fraction of sp³-hybridized carbons (Fsp3) is 1.00. The van der Waals surface area contributed by atoms with E-state index in [9.17, 15) is 8.42 Å². The number of hydrogen-bond donors (Lipinski definition) is 1. The van der Waals surface area contributed by atoms with Crippen LogP contribution in [-0.4, -0.2) is 24.2 Å². The SMILES string of the molecule is CCS(=O)(=O)O.[K+].[OH-]. The first kappa shape index (κ1) is 16.2. The molecule has 0 saturated carbocycles. The summed E-state index contributed by atoms with van der Waals surface area (Å²) in [6.45, 7) is 1.37. The molecule has 0 aliphatic heterocycles. The van der Waals surface area contributed by atoms with E-state index in [0.717, 1.165) is 0 Å². The molecule has 0 saturated heterocycles. The number of rotatable bonds is 1. The predicted octanol–water partition coefficient (Wildman–Crippen LogP) is -3.28. The van der Waals surface area contributed by atoms with Gasteiger partial charge in [-0.15, -0.1) is 0 Å². The summed E-state index contributed by atoms with van der Waals surface area (Å²) in [6, 6.07) is 0. The Kier molecular flexibility index (Phi) is 13.5. The van der Waals surface area contributed by atoms with Gasteiger partial charge in [-0.25, -0.2) is 0 Å². The smallest absolute Gasteiger partial charge is 0.870 e. The van der Waals surface area contributed by atoms with Gasteiger partial charge in [-0.3, -0.25) is 4.55 Å². The van der Waals surface area contributed by atoms with Crippen LogP contribution in [0.1, 0.15) is 6.92 Å². The van der Waals surface area contributed by atoms with Gasteiger partial charge in [-0.1, -0.05) is 0 Å². The van der Waals surface area contributed by atoms with Crippen LogP contribution in [0.2, 0.25) is 0 Å². The average Bonchev–Trinajstić information content (AvgIpc) is 1.35. The zero-order valence-electron chi connectivity index (χ0n) is 4.83. The Hall–Kier alpha value is 1.51. The molecule has 4 nitrogen and oxygen atoms in total. The van der Waals surface area contributed by atoms with E-state index >= 15 is 0 Å². The topological polar surface area (TPSA) is 84.4 Å². The fourth-order valence-electron chi connectivity index (χ4n) is 0. The third kappa shape index (κ3) is 15.6. The quantitative estimate of drug-likeness (QED) is 0.327. The molecule has 6 heteroatoms. The van der Waals surface area contributed by atoms with E-state index in [0.29, 0.717) is 0 Å². The minimum Gasteiger partial charge on any atom is -0.870 e. The van der Waals surface area contributed by atoms with Crippen LogP contribution in [0, 0.1) is 0 Å². The molecule has 0 aromatic rings. The first-order valence-electron chi connectivity index (χ1n) is 1.51. The predicted molar refractivity (Wildman–Crippen MR) is 24.0 cm³/mol. The second kappa shape index (κ2) is 6.62. The molecule has 0 bridgehead atoms. The van der Waals surface area contributed by atoms with E-state index in [1.165, 1.54) is 6.92 Å². The van der Waals surface area contributed by atoms with Crippen molar-refractivity contribution in [3.05, 3.63) is 0 Å². The minimum atomic E-state index is -3.66. The molecule has 46 valence electrons. The maximum atomic E-state index is 9.56. The molecule has 2 N–H and O–H groups in total. The minimum absolute atomic E-state index is 0. The van der Waals surface area contributed by atoms with Crippen molar-refractivity contribution in [3.63, 3.8) is 0 Å². The second-order valence-corrected chi connectivity index (χ2v) is 2.61. The molecule has 0 spiro atoms. The van der Waals surface area contributed by atoms with Crippen molar-refractivity contribution >= 4 is 10.1 Å². The summed E-state index contributed by atoms with van der Waals surface area (Å²) in [6.07, 6.45) is 0. The molecule has 0 amide bonds. The molecule has 0 rings (SSSR count). The van der Waals surface area contributed by atoms with E-state index in [4.69, 9.17) is 4.55 Å². The van der Waals surface area contributed by atoms with E-state index in [2.05, 4.69) is 0 Å². The standard InChI is InChI=1S/C2H6O3S.K.H2O/c1-2-6(3,4)5;;/h2H2,1H3,(H,3,4,5);;1H2/q;+1;/p-1. The molecular formula is C2H7KO4S. The zero-order chi connectivity index (χ0) is 5.21. The van der Waals surface area contributed by atoms with Crippen LogP contribution in [0.4, 0.5) is 0 Å². The van der Waals surface area contributed by atoms with Gasteiger partial charge in [0, 0.05) is 0 Å². The maximum Gasteiger partial charge on any atom is 1.00 e. The van der Waals surface area contributed by atoms with Gasteiger partial charge in [0.25, 0.3) is 10.1 Å². The van der Waals surface area contributed by atoms with Crippen molar-refractivity contribution in [1.82, 2.24) is 0 Å². The second-order valence-electron chi connectivity index (χ2n) is 0.871. The molecule has 8 heavy (non-hydrogen) atoms. The average molecular weight is 166 g/mol. The van der Waals surface area contributed by atoms with Crippen molar-refractivity contribution in [2.24, 2.45) is 0 Å². The van der Waals surface area contributed by atoms with Gasteiger partial charge in [-0.05, 0) is 6.92 Å². The fourth-order valence-corrected chi connectivity index (χ4v) is 0. The first-order valence-corrected chi connectivity index (χ1v) is 3.12. The van der Waals surface area contributed by atoms with Crippen molar-refractivity contribution in [1.29, 1.82) is 0 Å². The van der Waals surface area contributed by atoms with Crippen molar-refractivity contribution in [2.75, 3.05) is 5.75 Å². The Balaban J connectivity index is -0.000000125. The van der Waals surface area contributed by atoms with E-state index in [1.54, 1.807) is 0 Å². The maximum absolute atomic E-state index is 9.56. The van der Waals surface area contributed by atoms with Gasteiger partial charge in [0.1, 0.15) is 0 Å². The van der Waals surface area contributed by atoms with Crippen molar-refractivity contribution in [2.45, 2.75) is 6.92 Å². The summed E-state index contributed by atoms with van der Waals surface area (Å²) in [5, 5.41) is 0. The van der Waals surface area contributed by atoms with Gasteiger partial charge < -0.3 is 5.48 Å². The monoisotopic (exact) mass is 166 g/mol. The third-order valence-electron chi connectivity index (χ3n) is 0.365. The summed E-state index contributed by atoms with van der Waals surface area (Å²) in [4.78, 5) is 0. The van der Waals surface area contributed by atoms with Gasteiger partial charge in [-0.2, -0.15) is 8.42 Å². The van der Waals surface area contributed by atoms with Crippen LogP contribution in [0.25, 0.3) is 0 Å². The molecule has 0 aromatic carbocycles. The molecule has 0 atom stereocenters. The summed E-state index contributed by atoms with van der Waals surface area (Å²) in [5.41, 5.74) is 0. The van der Waals surface area contributed by atoms with Crippen LogP contribution < -0.4 is 51.4 Å². The largest absolute Gasteiger partial charge is 1.00 e.